The van der Waals surface area contributed by atoms with Crippen molar-refractivity contribution >= 4 is 39.5 Å². The Balaban J connectivity index is 5.22. The van der Waals surface area contributed by atoms with Crippen LogP contribution in [0.3, 0.4) is 0 Å². The molecule has 3 N–H and O–H groups in total. The van der Waals surface area contributed by atoms with E-state index in [0.717, 1.165) is 96.3 Å². The maximum absolute atomic E-state index is 13.0. The molecule has 0 aliphatic carbocycles. The Hall–Kier alpha value is -1.94. The van der Waals surface area contributed by atoms with E-state index in [1.54, 1.807) is 0 Å². The Bertz CT molecular complexity index is 1670. The molecule has 0 aliphatic rings. The van der Waals surface area contributed by atoms with Crippen LogP contribution < -0.4 is 0 Å². The van der Waals surface area contributed by atoms with Gasteiger partial charge in [-0.25, -0.2) is 9.13 Å². The standard InChI is InChI=1S/C67H130O17P2/c1-6-9-12-15-18-21-23-25-26-28-30-32-37-42-47-52-66(71)83-62(57-78-65(70)51-46-41-36-31-29-27-24-22-19-16-13-10-7-2)58-81-85(73,74)79-54-61(68)55-80-86(75,76)82-59-63(56-77-64(69)50-45-40-35-20-17-14-11-8-3)84-67(72)53-48-43-38-33-34-39-44-49-60(4)5/h60-63,68H,6-59H2,1-5H3,(H,73,74)(H,75,76)/t61-,62-,63-/m1/s1. The summed E-state index contributed by atoms with van der Waals surface area (Å²) in [4.78, 5) is 72.3. The molecule has 17 nitrogen and oxygen atoms in total. The summed E-state index contributed by atoms with van der Waals surface area (Å²) in [5.41, 5.74) is 0. The van der Waals surface area contributed by atoms with Crippen molar-refractivity contribution in [2.24, 2.45) is 5.92 Å². The van der Waals surface area contributed by atoms with Gasteiger partial charge in [0.25, 0.3) is 0 Å². The number of hydrogen-bond donors (Lipinski definition) is 3. The molecule has 0 heterocycles. The lowest BCUT2D eigenvalue weighted by Gasteiger charge is -2.21. The topological polar surface area (TPSA) is 237 Å². The number of aliphatic hydroxyl groups excluding tert-OH is 1. The smallest absolute Gasteiger partial charge is 0.462 e. The molecule has 510 valence electrons. The number of rotatable bonds is 67. The Morgan fingerprint density at radius 1 is 0.314 bits per heavy atom. The van der Waals surface area contributed by atoms with Crippen molar-refractivity contribution in [1.82, 2.24) is 0 Å². The van der Waals surface area contributed by atoms with Crippen LogP contribution >= 0.6 is 15.6 Å². The number of esters is 4. The quantitative estimate of drug-likeness (QED) is 0.0222. The molecular formula is C67H130O17P2. The zero-order valence-electron chi connectivity index (χ0n) is 55.4. The van der Waals surface area contributed by atoms with Crippen molar-refractivity contribution in [1.29, 1.82) is 0 Å². The molecule has 2 unspecified atom stereocenters. The molecule has 0 spiro atoms. The van der Waals surface area contributed by atoms with E-state index in [1.807, 2.05) is 0 Å². The molecule has 0 amide bonds. The van der Waals surface area contributed by atoms with Crippen molar-refractivity contribution in [2.45, 2.75) is 361 Å². The van der Waals surface area contributed by atoms with Gasteiger partial charge >= 0.3 is 39.5 Å². The lowest BCUT2D eigenvalue weighted by molar-refractivity contribution is -0.161. The maximum atomic E-state index is 13.0. The third kappa shape index (κ3) is 60.9. The number of carbonyl (C=O) groups is 4. The maximum Gasteiger partial charge on any atom is 0.472 e. The third-order valence-corrected chi connectivity index (χ3v) is 17.4. The predicted molar refractivity (Wildman–Crippen MR) is 345 cm³/mol. The van der Waals surface area contributed by atoms with E-state index in [1.165, 1.54) is 161 Å². The molecule has 0 saturated carbocycles. The molecule has 0 radical (unpaired) electrons. The third-order valence-electron chi connectivity index (χ3n) is 15.5. The summed E-state index contributed by atoms with van der Waals surface area (Å²) in [6.45, 7) is 7.14. The van der Waals surface area contributed by atoms with Crippen LogP contribution in [0.4, 0.5) is 0 Å². The van der Waals surface area contributed by atoms with E-state index in [0.29, 0.717) is 31.6 Å². The predicted octanol–water partition coefficient (Wildman–Crippen LogP) is 19.0. The highest BCUT2D eigenvalue weighted by Gasteiger charge is 2.30. The molecule has 0 aromatic rings. The fourth-order valence-electron chi connectivity index (χ4n) is 10.1. The lowest BCUT2D eigenvalue weighted by atomic mass is 10.0. The Kier molecular flexibility index (Phi) is 59.2. The van der Waals surface area contributed by atoms with Gasteiger partial charge in [0.2, 0.25) is 0 Å². The van der Waals surface area contributed by atoms with E-state index in [-0.39, 0.29) is 25.7 Å². The number of phosphoric ester groups is 2. The molecule has 5 atom stereocenters. The summed E-state index contributed by atoms with van der Waals surface area (Å²) >= 11 is 0. The van der Waals surface area contributed by atoms with Gasteiger partial charge in [0, 0.05) is 25.7 Å². The van der Waals surface area contributed by atoms with Gasteiger partial charge in [-0.3, -0.25) is 37.3 Å². The average Bonchev–Trinajstić information content (AvgIpc) is 3.66. The first kappa shape index (κ1) is 84.1. The number of carbonyl (C=O) groups excluding carboxylic acids is 4. The fraction of sp³-hybridized carbons (Fsp3) is 0.940. The van der Waals surface area contributed by atoms with E-state index < -0.39 is 97.5 Å². The highest BCUT2D eigenvalue weighted by Crippen LogP contribution is 2.45. The molecule has 0 saturated heterocycles. The summed E-state index contributed by atoms with van der Waals surface area (Å²) in [6.07, 6.45) is 45.9. The monoisotopic (exact) mass is 1270 g/mol. The van der Waals surface area contributed by atoms with Crippen LogP contribution in [0.25, 0.3) is 0 Å². The van der Waals surface area contributed by atoms with Gasteiger partial charge in [-0.2, -0.15) is 0 Å². The van der Waals surface area contributed by atoms with Crippen LogP contribution in [0.5, 0.6) is 0 Å². The second-order valence-electron chi connectivity index (χ2n) is 24.7. The Morgan fingerprint density at radius 2 is 0.535 bits per heavy atom. The van der Waals surface area contributed by atoms with Crippen LogP contribution in [0, 0.1) is 5.92 Å². The molecule has 0 rings (SSSR count). The van der Waals surface area contributed by atoms with E-state index >= 15 is 0 Å². The normalized spacial score (nSPS) is 14.2. The summed E-state index contributed by atoms with van der Waals surface area (Å²) in [7, 11) is -9.89. The van der Waals surface area contributed by atoms with E-state index in [2.05, 4.69) is 34.6 Å². The first-order chi connectivity index (χ1) is 41.5. The molecule has 0 aliphatic heterocycles. The van der Waals surface area contributed by atoms with Crippen molar-refractivity contribution in [2.75, 3.05) is 39.6 Å². The molecule has 86 heavy (non-hydrogen) atoms. The largest absolute Gasteiger partial charge is 0.472 e. The van der Waals surface area contributed by atoms with Gasteiger partial charge in [-0.15, -0.1) is 0 Å². The molecule has 19 heteroatoms. The Labute approximate surface area is 524 Å². The number of hydrogen-bond acceptors (Lipinski definition) is 15. The summed E-state index contributed by atoms with van der Waals surface area (Å²) in [5.74, 6) is -1.43. The van der Waals surface area contributed by atoms with E-state index in [9.17, 15) is 43.2 Å². The van der Waals surface area contributed by atoms with Crippen molar-refractivity contribution in [3.05, 3.63) is 0 Å². The molecular weight excluding hydrogens is 1140 g/mol. The van der Waals surface area contributed by atoms with Crippen molar-refractivity contribution < 1.29 is 80.2 Å². The minimum atomic E-state index is -4.95. The van der Waals surface area contributed by atoms with Crippen LogP contribution in [0.1, 0.15) is 343 Å². The fourth-order valence-corrected chi connectivity index (χ4v) is 11.7. The number of unbranched alkanes of at least 4 members (excludes halogenated alkanes) is 39. The average molecular weight is 1270 g/mol. The minimum absolute atomic E-state index is 0.104. The van der Waals surface area contributed by atoms with Gasteiger partial charge in [0.1, 0.15) is 19.3 Å². The van der Waals surface area contributed by atoms with Crippen LogP contribution in [-0.2, 0) is 65.4 Å². The summed E-state index contributed by atoms with van der Waals surface area (Å²) in [5, 5.41) is 10.6. The van der Waals surface area contributed by atoms with Crippen molar-refractivity contribution in [3.63, 3.8) is 0 Å². The van der Waals surface area contributed by atoms with Crippen molar-refractivity contribution in [3.8, 4) is 0 Å². The number of phosphoric acid groups is 2. The second kappa shape index (κ2) is 60.6. The van der Waals surface area contributed by atoms with Gasteiger partial charge < -0.3 is 33.8 Å². The van der Waals surface area contributed by atoms with Gasteiger partial charge in [0.05, 0.1) is 26.4 Å². The second-order valence-corrected chi connectivity index (χ2v) is 27.6. The van der Waals surface area contributed by atoms with Gasteiger partial charge in [-0.1, -0.05) is 291 Å². The van der Waals surface area contributed by atoms with Crippen LogP contribution in [-0.4, -0.2) is 96.7 Å². The highest BCUT2D eigenvalue weighted by molar-refractivity contribution is 7.47. The highest BCUT2D eigenvalue weighted by atomic mass is 31.2. The van der Waals surface area contributed by atoms with Crippen LogP contribution in [0.15, 0.2) is 0 Å². The van der Waals surface area contributed by atoms with E-state index in [4.69, 9.17) is 37.0 Å². The van der Waals surface area contributed by atoms with Gasteiger partial charge in [-0.05, 0) is 31.6 Å². The first-order valence-corrected chi connectivity index (χ1v) is 38.1. The molecule has 0 aromatic heterocycles. The minimum Gasteiger partial charge on any atom is -0.462 e. The molecule has 0 bridgehead atoms. The SMILES string of the molecule is CCCCCCCCCCCCCCCCCC(=O)O[C@H](COC(=O)CCCCCCCCCCCCCCC)COP(=O)(O)OC[C@@H](O)COP(=O)(O)OC[C@@H](COC(=O)CCCCCCCCCC)OC(=O)CCCCCCCCCC(C)C. The lowest BCUT2D eigenvalue weighted by Crippen LogP contribution is -2.30. The first-order valence-electron chi connectivity index (χ1n) is 35.1. The number of aliphatic hydroxyl groups is 1. The molecule has 0 fully saturated rings. The number of ether oxygens (including phenoxy) is 4. The summed E-state index contributed by atoms with van der Waals surface area (Å²) < 4.78 is 68.1. The van der Waals surface area contributed by atoms with Gasteiger partial charge in [0.15, 0.2) is 12.2 Å². The Morgan fingerprint density at radius 3 is 0.791 bits per heavy atom. The zero-order chi connectivity index (χ0) is 63.5. The molecule has 0 aromatic carbocycles. The zero-order valence-corrected chi connectivity index (χ0v) is 57.2. The summed E-state index contributed by atoms with van der Waals surface area (Å²) in [6, 6.07) is 0. The van der Waals surface area contributed by atoms with Crippen LogP contribution in [0.2, 0.25) is 0 Å².